The van der Waals surface area contributed by atoms with E-state index < -0.39 is 7.95 Å². The molecule has 0 saturated heterocycles. The summed E-state index contributed by atoms with van der Waals surface area (Å²) in [5.74, 6) is 0.172. The lowest BCUT2D eigenvalue weighted by Gasteiger charge is -2.09. The average molecular weight is 221 g/mol. The van der Waals surface area contributed by atoms with Gasteiger partial charge in [0.1, 0.15) is 12.7 Å². The maximum absolute atomic E-state index is 11.3. The number of aromatic nitrogens is 3. The van der Waals surface area contributed by atoms with Gasteiger partial charge in [-0.05, 0) is 0 Å². The Morgan fingerprint density at radius 3 is 2.69 bits per heavy atom. The highest BCUT2D eigenvalue weighted by Crippen LogP contribution is 2.31. The minimum absolute atomic E-state index is 0.172. The van der Waals surface area contributed by atoms with Crippen molar-refractivity contribution in [1.29, 1.82) is 0 Å². The van der Waals surface area contributed by atoms with Crippen molar-refractivity contribution in [2.24, 2.45) is 5.73 Å². The molecule has 0 saturated carbocycles. The van der Waals surface area contributed by atoms with Gasteiger partial charge < -0.3 is 5.73 Å². The van der Waals surface area contributed by atoms with E-state index >= 15 is 0 Å². The molecule has 0 bridgehead atoms. The monoisotopic (exact) mass is 220 g/mol. The van der Waals surface area contributed by atoms with E-state index in [4.69, 9.17) is 17.5 Å². The number of hydrogen-bond acceptors (Lipinski definition) is 5. The van der Waals surface area contributed by atoms with Crippen LogP contribution in [0.25, 0.3) is 0 Å². The molecular formula is C5H8ClN5OP. The molecule has 0 aliphatic rings. The summed E-state index contributed by atoms with van der Waals surface area (Å²) in [7, 11) is -1.75. The topological polar surface area (TPSA) is 85.0 Å². The number of halogens is 1. The van der Waals surface area contributed by atoms with Crippen LogP contribution in [0.4, 0.5) is 5.95 Å². The summed E-state index contributed by atoms with van der Waals surface area (Å²) in [6.07, 6.45) is 2.87. The summed E-state index contributed by atoms with van der Waals surface area (Å²) in [6, 6.07) is 0. The van der Waals surface area contributed by atoms with E-state index in [0.29, 0.717) is 12.7 Å². The van der Waals surface area contributed by atoms with Gasteiger partial charge in [-0.25, -0.2) is 4.98 Å². The average Bonchev–Trinajstić information content (AvgIpc) is 2.18. The lowest BCUT2D eigenvalue weighted by atomic mass is 10.8. The second kappa shape index (κ2) is 5.01. The standard InChI is InChI=1S/C5H8ClN5OP/c6-11(13(12)2-1-7)5-9-3-8-4-10-5/h3-4H,1-2,7H2. The van der Waals surface area contributed by atoms with Crippen molar-refractivity contribution in [3.05, 3.63) is 12.7 Å². The van der Waals surface area contributed by atoms with Crippen molar-refractivity contribution in [3.8, 4) is 0 Å². The molecule has 0 amide bonds. The van der Waals surface area contributed by atoms with E-state index in [-0.39, 0.29) is 5.95 Å². The van der Waals surface area contributed by atoms with Crippen LogP contribution in [0.2, 0.25) is 0 Å². The molecule has 1 aromatic rings. The Morgan fingerprint density at radius 2 is 2.15 bits per heavy atom. The van der Waals surface area contributed by atoms with Crippen molar-refractivity contribution in [2.45, 2.75) is 0 Å². The Labute approximate surface area is 81.1 Å². The number of nitrogens with two attached hydrogens (primary N) is 1. The Hall–Kier alpha value is -0.840. The summed E-state index contributed by atoms with van der Waals surface area (Å²) in [5.41, 5.74) is 5.22. The summed E-state index contributed by atoms with van der Waals surface area (Å²) in [5, 5.41) is 0. The Balaban J connectivity index is 2.68. The smallest absolute Gasteiger partial charge is 0.253 e. The number of rotatable bonds is 4. The highest BCUT2D eigenvalue weighted by atomic mass is 35.5. The molecule has 71 valence electrons. The first kappa shape index (κ1) is 10.2. The first-order valence-electron chi connectivity index (χ1n) is 3.48. The van der Waals surface area contributed by atoms with Crippen LogP contribution in [-0.4, -0.2) is 27.7 Å². The fraction of sp³-hybridized carbons (Fsp3) is 0.400. The van der Waals surface area contributed by atoms with Crippen molar-refractivity contribution < 1.29 is 4.57 Å². The van der Waals surface area contributed by atoms with Crippen LogP contribution < -0.4 is 9.92 Å². The second-order valence-corrected chi connectivity index (χ2v) is 4.19. The molecule has 0 aromatic carbocycles. The quantitative estimate of drug-likeness (QED) is 0.589. The first-order valence-corrected chi connectivity index (χ1v) is 5.22. The van der Waals surface area contributed by atoms with Crippen LogP contribution in [0.15, 0.2) is 12.7 Å². The van der Waals surface area contributed by atoms with E-state index in [1.54, 1.807) is 0 Å². The van der Waals surface area contributed by atoms with Crippen LogP contribution in [0.5, 0.6) is 0 Å². The minimum Gasteiger partial charge on any atom is -0.330 e. The lowest BCUT2D eigenvalue weighted by molar-refractivity contribution is 0.588. The number of nitrogens with zero attached hydrogens (tertiary/aromatic N) is 4. The fourth-order valence-corrected chi connectivity index (χ4v) is 1.64. The van der Waals surface area contributed by atoms with Gasteiger partial charge in [0.05, 0.1) is 6.16 Å². The third-order valence-electron chi connectivity index (χ3n) is 1.16. The largest absolute Gasteiger partial charge is 0.330 e. The molecule has 1 unspecified atom stereocenters. The summed E-state index contributed by atoms with van der Waals surface area (Å²) >= 11 is 5.68. The Kier molecular flexibility index (Phi) is 3.95. The van der Waals surface area contributed by atoms with Crippen molar-refractivity contribution >= 4 is 25.7 Å². The predicted octanol–water partition coefficient (Wildman–Crippen LogP) is 0.533. The lowest BCUT2D eigenvalue weighted by Crippen LogP contribution is -2.10. The fourth-order valence-electron chi connectivity index (χ4n) is 0.626. The van der Waals surface area contributed by atoms with E-state index in [0.717, 1.165) is 4.19 Å². The van der Waals surface area contributed by atoms with E-state index in [1.165, 1.54) is 12.7 Å². The van der Waals surface area contributed by atoms with E-state index in [1.807, 2.05) is 0 Å². The van der Waals surface area contributed by atoms with E-state index in [2.05, 4.69) is 15.0 Å². The summed E-state index contributed by atoms with van der Waals surface area (Å²) in [4.78, 5) is 11.1. The molecule has 0 aliphatic heterocycles. The molecule has 1 aromatic heterocycles. The van der Waals surface area contributed by atoms with Crippen LogP contribution in [0, 0.1) is 0 Å². The zero-order valence-electron chi connectivity index (χ0n) is 6.67. The molecule has 1 rings (SSSR count). The molecule has 13 heavy (non-hydrogen) atoms. The van der Waals surface area contributed by atoms with Gasteiger partial charge in [-0.15, -0.1) is 0 Å². The van der Waals surface area contributed by atoms with Crippen LogP contribution in [-0.2, 0) is 4.57 Å². The van der Waals surface area contributed by atoms with Crippen LogP contribution >= 0.6 is 19.7 Å². The Morgan fingerprint density at radius 1 is 1.54 bits per heavy atom. The highest BCUT2D eigenvalue weighted by Gasteiger charge is 2.13. The molecule has 1 heterocycles. The number of hydrogen-bond donors (Lipinski definition) is 1. The van der Waals surface area contributed by atoms with Gasteiger partial charge in [-0.1, -0.05) is 0 Å². The van der Waals surface area contributed by atoms with Gasteiger partial charge in [0.25, 0.3) is 5.95 Å². The van der Waals surface area contributed by atoms with E-state index in [9.17, 15) is 4.57 Å². The maximum atomic E-state index is 11.3. The van der Waals surface area contributed by atoms with Crippen molar-refractivity contribution in [2.75, 3.05) is 16.9 Å². The van der Waals surface area contributed by atoms with Crippen molar-refractivity contribution in [3.63, 3.8) is 0 Å². The highest BCUT2D eigenvalue weighted by molar-refractivity contribution is 7.48. The zero-order chi connectivity index (χ0) is 9.68. The minimum atomic E-state index is -1.75. The molecule has 0 aliphatic carbocycles. The maximum Gasteiger partial charge on any atom is 0.253 e. The second-order valence-electron chi connectivity index (χ2n) is 2.06. The van der Waals surface area contributed by atoms with Gasteiger partial charge in [0, 0.05) is 18.3 Å². The predicted molar refractivity (Wildman–Crippen MR) is 49.7 cm³/mol. The first-order chi connectivity index (χ1) is 6.25. The van der Waals surface area contributed by atoms with Crippen molar-refractivity contribution in [1.82, 2.24) is 15.0 Å². The van der Waals surface area contributed by atoms with Gasteiger partial charge in [-0.3, -0.25) is 4.57 Å². The van der Waals surface area contributed by atoms with Crippen LogP contribution in [0.1, 0.15) is 0 Å². The summed E-state index contributed by atoms with van der Waals surface area (Å²) < 4.78 is 12.3. The van der Waals surface area contributed by atoms with Crippen LogP contribution in [0.3, 0.4) is 0 Å². The van der Waals surface area contributed by atoms with Gasteiger partial charge in [0.2, 0.25) is 0 Å². The molecule has 6 nitrogen and oxygen atoms in total. The van der Waals surface area contributed by atoms with Gasteiger partial charge in [0.15, 0.2) is 7.95 Å². The Bertz CT molecular complexity index is 284. The molecule has 0 fully saturated rings. The molecule has 2 N–H and O–H groups in total. The zero-order valence-corrected chi connectivity index (χ0v) is 8.32. The third kappa shape index (κ3) is 2.84. The molecule has 1 atom stereocenters. The molecule has 8 heteroatoms. The molecule has 1 radical (unpaired) electrons. The van der Waals surface area contributed by atoms with Gasteiger partial charge >= 0.3 is 0 Å². The summed E-state index contributed by atoms with van der Waals surface area (Å²) in [6.45, 7) is 0.309. The molecule has 0 spiro atoms. The molecular weight excluding hydrogens is 213 g/mol. The third-order valence-corrected chi connectivity index (χ3v) is 3.03. The number of anilines is 1. The SMILES string of the molecule is NCC[P](=O)N(Cl)c1ncncn1. The normalized spacial score (nSPS) is 11.1. The van der Waals surface area contributed by atoms with Gasteiger partial charge in [-0.2, -0.15) is 14.2 Å².